The predicted octanol–water partition coefficient (Wildman–Crippen LogP) is 13.6. The Hall–Kier alpha value is -6.54. The zero-order valence-corrected chi connectivity index (χ0v) is 43.5. The van der Waals surface area contributed by atoms with Crippen LogP contribution in [0.4, 0.5) is 0 Å². The molecular formula is C62H72N2O6. The van der Waals surface area contributed by atoms with Gasteiger partial charge in [-0.3, -0.25) is 0 Å². The number of benzene rings is 6. The lowest BCUT2D eigenvalue weighted by Crippen LogP contribution is -2.18. The average Bonchev–Trinajstić information content (AvgIpc) is 3.27. The van der Waals surface area contributed by atoms with Crippen molar-refractivity contribution in [1.29, 1.82) is 0 Å². The Kier molecular flexibility index (Phi) is 14.0. The van der Waals surface area contributed by atoms with Gasteiger partial charge in [-0.2, -0.15) is 10.2 Å². The third-order valence-electron chi connectivity index (χ3n) is 13.5. The number of rotatable bonds is 0. The Morgan fingerprint density at radius 3 is 0.900 bits per heavy atom. The van der Waals surface area contributed by atoms with E-state index in [1.54, 1.807) is 12.4 Å². The van der Waals surface area contributed by atoms with Crippen LogP contribution in [0.25, 0.3) is 0 Å². The summed E-state index contributed by atoms with van der Waals surface area (Å²) in [5.74, 6) is 3.27. The minimum Gasteiger partial charge on any atom is -0.507 e. The van der Waals surface area contributed by atoms with Gasteiger partial charge in [0, 0.05) is 36.8 Å². The molecule has 8 nitrogen and oxygen atoms in total. The summed E-state index contributed by atoms with van der Waals surface area (Å²) >= 11 is 0. The van der Waals surface area contributed by atoms with Crippen molar-refractivity contribution in [2.75, 3.05) is 26.4 Å². The molecule has 2 aliphatic heterocycles. The van der Waals surface area contributed by atoms with Gasteiger partial charge in [-0.25, -0.2) is 0 Å². The first-order valence-electron chi connectivity index (χ1n) is 24.8. The van der Waals surface area contributed by atoms with E-state index in [0.717, 1.165) is 89.4 Å². The van der Waals surface area contributed by atoms with Gasteiger partial charge in [0.05, 0.1) is 12.4 Å². The standard InChI is InChI=1S/C62H72N2O6/c1-59(2,3)49-29-41-25-45-33-51(61(7,8)9)35-47-27-43-31-50(60(4,5)6)32-44(56(43)66)28-48-36-52(62(10,11)12)34-46(26-42(30-49)55(41)65)58(48)70-24-22-68-54-20-16-14-18-40(54)38-64-63-37-39-17-13-15-19-53(39)67-21-23-69-57(45)47/h13-20,29-38,65-66H,21-28H2,1-12H3/b63-37-,64-38?. The summed E-state index contributed by atoms with van der Waals surface area (Å²) in [6.07, 6.45) is 5.00. The Morgan fingerprint density at radius 1 is 0.357 bits per heavy atom. The van der Waals surface area contributed by atoms with E-state index in [-0.39, 0.29) is 59.6 Å². The van der Waals surface area contributed by atoms with Gasteiger partial charge in [-0.1, -0.05) is 156 Å². The highest BCUT2D eigenvalue weighted by atomic mass is 16.5. The molecule has 0 amide bonds. The summed E-state index contributed by atoms with van der Waals surface area (Å²) in [7, 11) is 0. The third kappa shape index (κ3) is 11.4. The Bertz CT molecular complexity index is 2650. The highest BCUT2D eigenvalue weighted by Gasteiger charge is 2.29. The largest absolute Gasteiger partial charge is 0.507 e. The van der Waals surface area contributed by atoms with E-state index in [1.807, 2.05) is 48.5 Å². The number of phenolic OH excluding ortho intramolecular Hbond substituents is 2. The lowest BCUT2D eigenvalue weighted by Gasteiger charge is -2.28. The summed E-state index contributed by atoms with van der Waals surface area (Å²) in [5, 5.41) is 34.2. The van der Waals surface area contributed by atoms with Gasteiger partial charge in [-0.05, 0) is 113 Å². The summed E-state index contributed by atoms with van der Waals surface area (Å²) in [6.45, 7) is 27.7. The number of hydrogen-bond donors (Lipinski definition) is 2. The fourth-order valence-corrected chi connectivity index (χ4v) is 9.24. The molecule has 9 rings (SSSR count). The SMILES string of the molecule is CC(C)(C)c1cc2c(O)c(c1)Cc1cc(C(C)(C)C)cc3c1OCCOc1ccccc1/C=N\N=Cc1ccccc1OCCOc1c(cc(C(C)(C)C)cc1Cc1cc(C(C)(C)C)cc(c1O)C3)C2. The van der Waals surface area contributed by atoms with Gasteiger partial charge in [0.2, 0.25) is 0 Å². The fourth-order valence-electron chi connectivity index (χ4n) is 9.24. The molecular weight excluding hydrogens is 869 g/mol. The van der Waals surface area contributed by atoms with Crippen LogP contribution in [0.3, 0.4) is 0 Å². The van der Waals surface area contributed by atoms with Crippen molar-refractivity contribution >= 4 is 12.4 Å². The molecule has 70 heavy (non-hydrogen) atoms. The minimum absolute atomic E-state index is 0.223. The molecule has 0 saturated carbocycles. The Morgan fingerprint density at radius 2 is 0.614 bits per heavy atom. The Balaban J connectivity index is 1.41. The molecule has 0 atom stereocenters. The second-order valence-corrected chi connectivity index (χ2v) is 23.2. The summed E-state index contributed by atoms with van der Waals surface area (Å²) in [6, 6.07) is 33.1. The van der Waals surface area contributed by atoms with Crippen molar-refractivity contribution in [2.45, 2.75) is 130 Å². The van der Waals surface area contributed by atoms with Gasteiger partial charge >= 0.3 is 0 Å². The highest BCUT2D eigenvalue weighted by Crippen LogP contribution is 2.44. The minimum atomic E-state index is -0.226. The van der Waals surface area contributed by atoms with Crippen molar-refractivity contribution in [1.82, 2.24) is 0 Å². The maximum absolute atomic E-state index is 12.7. The molecule has 10 bridgehead atoms. The lowest BCUT2D eigenvalue weighted by molar-refractivity contribution is 0.214. The first-order valence-corrected chi connectivity index (χ1v) is 24.8. The molecule has 2 heterocycles. The first kappa shape index (κ1) is 49.9. The van der Waals surface area contributed by atoms with E-state index in [1.165, 1.54) is 0 Å². The molecule has 0 fully saturated rings. The van der Waals surface area contributed by atoms with E-state index < -0.39 is 0 Å². The zero-order chi connectivity index (χ0) is 50.2. The van der Waals surface area contributed by atoms with Crippen molar-refractivity contribution in [2.24, 2.45) is 10.2 Å². The highest BCUT2D eigenvalue weighted by molar-refractivity contribution is 5.86. The second kappa shape index (κ2) is 19.7. The molecule has 2 N–H and O–H groups in total. The number of fused-ring (bicyclic) bond motifs is 7. The monoisotopic (exact) mass is 941 g/mol. The van der Waals surface area contributed by atoms with Gasteiger partial charge in [0.15, 0.2) is 0 Å². The maximum Gasteiger partial charge on any atom is 0.128 e. The number of aromatic hydroxyl groups is 2. The molecule has 0 saturated heterocycles. The number of hydrogen-bond acceptors (Lipinski definition) is 8. The van der Waals surface area contributed by atoms with Crippen LogP contribution in [0.2, 0.25) is 0 Å². The summed E-state index contributed by atoms with van der Waals surface area (Å²) in [5.41, 5.74) is 12.2. The molecule has 0 aromatic heterocycles. The average molecular weight is 941 g/mol. The van der Waals surface area contributed by atoms with E-state index in [4.69, 9.17) is 18.9 Å². The molecule has 6 aromatic carbocycles. The molecule has 366 valence electrons. The molecule has 3 aliphatic rings. The topological polar surface area (TPSA) is 102 Å². The van der Waals surface area contributed by atoms with Crippen LogP contribution < -0.4 is 18.9 Å². The molecule has 0 unspecified atom stereocenters. The number of nitrogens with zero attached hydrogens (tertiary/aromatic N) is 2. The van der Waals surface area contributed by atoms with Crippen LogP contribution >= 0.6 is 0 Å². The molecule has 6 aromatic rings. The summed E-state index contributed by atoms with van der Waals surface area (Å²) in [4.78, 5) is 0. The quantitative estimate of drug-likeness (QED) is 0.157. The van der Waals surface area contributed by atoms with Crippen LogP contribution in [-0.4, -0.2) is 49.1 Å². The van der Waals surface area contributed by atoms with E-state index in [0.29, 0.717) is 37.2 Å². The Labute approximate surface area is 416 Å². The van der Waals surface area contributed by atoms with Crippen LogP contribution in [0, 0.1) is 0 Å². The van der Waals surface area contributed by atoms with Crippen molar-refractivity contribution in [3.63, 3.8) is 0 Å². The number of ether oxygens (including phenoxy) is 4. The fraction of sp³-hybridized carbons (Fsp3) is 0.387. The van der Waals surface area contributed by atoms with E-state index >= 15 is 0 Å². The molecule has 0 radical (unpaired) electrons. The van der Waals surface area contributed by atoms with E-state index in [9.17, 15) is 10.2 Å². The van der Waals surface area contributed by atoms with Crippen LogP contribution in [0.15, 0.2) is 107 Å². The normalized spacial score (nSPS) is 15.3. The van der Waals surface area contributed by atoms with Gasteiger partial charge in [0.25, 0.3) is 0 Å². The zero-order valence-electron chi connectivity index (χ0n) is 43.5. The van der Waals surface area contributed by atoms with Crippen molar-refractivity contribution < 1.29 is 29.2 Å². The third-order valence-corrected chi connectivity index (χ3v) is 13.5. The van der Waals surface area contributed by atoms with E-state index in [2.05, 4.69) is 142 Å². The van der Waals surface area contributed by atoms with Crippen molar-refractivity contribution in [3.8, 4) is 34.5 Å². The summed E-state index contributed by atoms with van der Waals surface area (Å²) < 4.78 is 26.8. The van der Waals surface area contributed by atoms with Gasteiger partial charge in [-0.15, -0.1) is 0 Å². The lowest BCUT2D eigenvalue weighted by atomic mass is 9.79. The second-order valence-electron chi connectivity index (χ2n) is 23.2. The predicted molar refractivity (Wildman–Crippen MR) is 285 cm³/mol. The molecule has 1 aliphatic carbocycles. The first-order chi connectivity index (χ1) is 33.0. The van der Waals surface area contributed by atoms with Crippen LogP contribution in [-0.2, 0) is 47.3 Å². The van der Waals surface area contributed by atoms with Gasteiger partial charge < -0.3 is 29.2 Å². The van der Waals surface area contributed by atoms with Crippen LogP contribution in [0.5, 0.6) is 34.5 Å². The van der Waals surface area contributed by atoms with Gasteiger partial charge in [0.1, 0.15) is 60.9 Å². The number of para-hydroxylation sites is 2. The molecule has 8 heteroatoms. The maximum atomic E-state index is 12.7. The van der Waals surface area contributed by atoms with Crippen molar-refractivity contribution in [3.05, 3.63) is 175 Å². The van der Waals surface area contributed by atoms with Crippen LogP contribution in [0.1, 0.15) is 161 Å². The smallest absolute Gasteiger partial charge is 0.128 e. The number of phenols is 2. The molecule has 0 spiro atoms.